The minimum absolute atomic E-state index is 0.0492. The number of ether oxygens (including phenoxy) is 2. The van der Waals surface area contributed by atoms with Gasteiger partial charge >= 0.3 is 11.9 Å². The Morgan fingerprint density at radius 2 is 2.40 bits per heavy atom. The summed E-state index contributed by atoms with van der Waals surface area (Å²) in [7, 11) is 0. The molecule has 1 heterocycles. The van der Waals surface area contributed by atoms with Gasteiger partial charge in [0.25, 0.3) is 0 Å². The van der Waals surface area contributed by atoms with Crippen LogP contribution in [-0.4, -0.2) is 18.0 Å². The molecule has 15 heavy (non-hydrogen) atoms. The lowest BCUT2D eigenvalue weighted by atomic mass is 9.82. The zero-order chi connectivity index (χ0) is 11.0. The molecule has 1 aliphatic heterocycles. The van der Waals surface area contributed by atoms with Gasteiger partial charge in [-0.25, -0.2) is 0 Å². The minimum Gasteiger partial charge on any atom is -0.457 e. The van der Waals surface area contributed by atoms with E-state index in [9.17, 15) is 9.59 Å². The second kappa shape index (κ2) is 3.53. The number of cyclic esters (lactones) is 1. The third-order valence-electron chi connectivity index (χ3n) is 2.72. The lowest BCUT2D eigenvalue weighted by molar-refractivity contribution is -0.152. The van der Waals surface area contributed by atoms with E-state index < -0.39 is 18.0 Å². The summed E-state index contributed by atoms with van der Waals surface area (Å²) in [6.45, 7) is 5.01. The van der Waals surface area contributed by atoms with E-state index in [0.717, 1.165) is 0 Å². The molecule has 4 heteroatoms. The SMILES string of the molecule is C=C1OC(=O)C2C(OC(C)=O)C=CCC12. The van der Waals surface area contributed by atoms with Crippen molar-refractivity contribution in [2.24, 2.45) is 11.8 Å². The third-order valence-corrected chi connectivity index (χ3v) is 2.72. The lowest BCUT2D eigenvalue weighted by Gasteiger charge is -2.25. The molecule has 1 fully saturated rings. The van der Waals surface area contributed by atoms with Gasteiger partial charge in [-0.1, -0.05) is 12.7 Å². The summed E-state index contributed by atoms with van der Waals surface area (Å²) in [5.74, 6) is -0.721. The van der Waals surface area contributed by atoms with Gasteiger partial charge in [-0.05, 0) is 12.5 Å². The van der Waals surface area contributed by atoms with Crippen LogP contribution in [0.1, 0.15) is 13.3 Å². The Kier molecular flexibility index (Phi) is 2.34. The Labute approximate surface area is 87.5 Å². The molecule has 0 saturated carbocycles. The maximum absolute atomic E-state index is 11.5. The predicted octanol–water partition coefficient (Wildman–Crippen LogP) is 1.18. The van der Waals surface area contributed by atoms with E-state index in [1.807, 2.05) is 6.08 Å². The first-order valence-electron chi connectivity index (χ1n) is 4.84. The maximum Gasteiger partial charge on any atom is 0.318 e. The van der Waals surface area contributed by atoms with Gasteiger partial charge in [0.15, 0.2) is 0 Å². The molecule has 0 spiro atoms. The number of carbonyl (C=O) groups is 2. The number of esters is 2. The first-order chi connectivity index (χ1) is 7.09. The summed E-state index contributed by atoms with van der Waals surface area (Å²) < 4.78 is 10.0. The van der Waals surface area contributed by atoms with Gasteiger partial charge < -0.3 is 9.47 Å². The van der Waals surface area contributed by atoms with Crippen molar-refractivity contribution in [2.75, 3.05) is 0 Å². The Morgan fingerprint density at radius 3 is 3.07 bits per heavy atom. The monoisotopic (exact) mass is 208 g/mol. The summed E-state index contributed by atoms with van der Waals surface area (Å²) in [6, 6.07) is 0. The summed E-state index contributed by atoms with van der Waals surface area (Å²) in [5.41, 5.74) is 0. The van der Waals surface area contributed by atoms with Crippen LogP contribution in [0.5, 0.6) is 0 Å². The van der Waals surface area contributed by atoms with Crippen molar-refractivity contribution in [1.29, 1.82) is 0 Å². The molecule has 80 valence electrons. The number of allylic oxidation sites excluding steroid dienone is 2. The first kappa shape index (κ1) is 9.96. The number of rotatable bonds is 1. The molecule has 0 radical (unpaired) electrons. The highest BCUT2D eigenvalue weighted by Crippen LogP contribution is 2.39. The molecule has 3 unspecified atom stereocenters. The Morgan fingerprint density at radius 1 is 1.67 bits per heavy atom. The Balaban J connectivity index is 2.22. The van der Waals surface area contributed by atoms with E-state index in [4.69, 9.17) is 9.47 Å². The third kappa shape index (κ3) is 1.67. The fourth-order valence-electron chi connectivity index (χ4n) is 2.06. The largest absolute Gasteiger partial charge is 0.457 e. The van der Waals surface area contributed by atoms with Gasteiger partial charge in [-0.3, -0.25) is 9.59 Å². The summed E-state index contributed by atoms with van der Waals surface area (Å²) in [6.07, 6.45) is 3.84. The van der Waals surface area contributed by atoms with Gasteiger partial charge in [0, 0.05) is 12.8 Å². The fraction of sp³-hybridized carbons (Fsp3) is 0.455. The Bertz CT molecular complexity index is 356. The molecule has 2 rings (SSSR count). The van der Waals surface area contributed by atoms with Crippen molar-refractivity contribution in [2.45, 2.75) is 19.4 Å². The van der Waals surface area contributed by atoms with Crippen LogP contribution in [0.2, 0.25) is 0 Å². The van der Waals surface area contributed by atoms with E-state index in [1.54, 1.807) is 6.08 Å². The predicted molar refractivity (Wildman–Crippen MR) is 51.5 cm³/mol. The number of hydrogen-bond acceptors (Lipinski definition) is 4. The van der Waals surface area contributed by atoms with Crippen LogP contribution in [0, 0.1) is 11.8 Å². The molecular weight excluding hydrogens is 196 g/mol. The van der Waals surface area contributed by atoms with Crippen molar-refractivity contribution in [3.05, 3.63) is 24.5 Å². The molecule has 0 aromatic heterocycles. The van der Waals surface area contributed by atoms with Gasteiger partial charge in [0.05, 0.1) is 0 Å². The average molecular weight is 208 g/mol. The van der Waals surface area contributed by atoms with Crippen LogP contribution in [0.4, 0.5) is 0 Å². The van der Waals surface area contributed by atoms with Crippen molar-refractivity contribution in [3.63, 3.8) is 0 Å². The van der Waals surface area contributed by atoms with E-state index in [0.29, 0.717) is 12.2 Å². The maximum atomic E-state index is 11.5. The first-order valence-corrected chi connectivity index (χ1v) is 4.84. The van der Waals surface area contributed by atoms with E-state index in [2.05, 4.69) is 6.58 Å². The lowest BCUT2D eigenvalue weighted by Crippen LogP contribution is -2.34. The molecule has 0 bridgehead atoms. The zero-order valence-electron chi connectivity index (χ0n) is 8.43. The molecule has 2 aliphatic rings. The van der Waals surface area contributed by atoms with Crippen molar-refractivity contribution >= 4 is 11.9 Å². The number of fused-ring (bicyclic) bond motifs is 1. The highest BCUT2D eigenvalue weighted by molar-refractivity contribution is 5.79. The quantitative estimate of drug-likeness (QED) is 0.479. The molecular formula is C11H12O4. The Hall–Kier alpha value is -1.58. The van der Waals surface area contributed by atoms with Gasteiger partial charge in [0.1, 0.15) is 17.8 Å². The molecule has 0 N–H and O–H groups in total. The zero-order valence-corrected chi connectivity index (χ0v) is 8.43. The van der Waals surface area contributed by atoms with E-state index in [-0.39, 0.29) is 11.9 Å². The molecule has 3 atom stereocenters. The second-order valence-electron chi connectivity index (χ2n) is 3.76. The molecule has 4 nitrogen and oxygen atoms in total. The summed E-state index contributed by atoms with van der Waals surface area (Å²) in [4.78, 5) is 22.4. The number of carbonyl (C=O) groups excluding carboxylic acids is 2. The van der Waals surface area contributed by atoms with Crippen LogP contribution in [0.3, 0.4) is 0 Å². The number of hydrogen-bond donors (Lipinski definition) is 0. The highest BCUT2D eigenvalue weighted by Gasteiger charge is 2.46. The van der Waals surface area contributed by atoms with Crippen LogP contribution in [0.25, 0.3) is 0 Å². The van der Waals surface area contributed by atoms with Gasteiger partial charge in [0.2, 0.25) is 0 Å². The summed E-state index contributed by atoms with van der Waals surface area (Å²) in [5, 5.41) is 0. The second-order valence-corrected chi connectivity index (χ2v) is 3.76. The van der Waals surface area contributed by atoms with Crippen molar-refractivity contribution < 1.29 is 19.1 Å². The van der Waals surface area contributed by atoms with Gasteiger partial charge in [-0.2, -0.15) is 0 Å². The normalized spacial score (nSPS) is 33.5. The molecule has 1 saturated heterocycles. The van der Waals surface area contributed by atoms with Crippen molar-refractivity contribution in [3.8, 4) is 0 Å². The minimum atomic E-state index is -0.506. The molecule has 0 aromatic rings. The van der Waals surface area contributed by atoms with Crippen LogP contribution < -0.4 is 0 Å². The van der Waals surface area contributed by atoms with Crippen LogP contribution >= 0.6 is 0 Å². The molecule has 0 amide bonds. The van der Waals surface area contributed by atoms with E-state index in [1.165, 1.54) is 6.92 Å². The molecule has 1 aliphatic carbocycles. The highest BCUT2D eigenvalue weighted by atomic mass is 16.6. The topological polar surface area (TPSA) is 52.6 Å². The smallest absolute Gasteiger partial charge is 0.318 e. The van der Waals surface area contributed by atoms with Crippen LogP contribution in [-0.2, 0) is 19.1 Å². The average Bonchev–Trinajstić information content (AvgIpc) is 2.43. The summed E-state index contributed by atoms with van der Waals surface area (Å²) >= 11 is 0. The standard InChI is InChI=1S/C11H12O4/c1-6-8-4-3-5-9(15-7(2)12)10(8)11(13)14-6/h3,5,8-10H,1,4H2,2H3. The van der Waals surface area contributed by atoms with E-state index >= 15 is 0 Å². The van der Waals surface area contributed by atoms with Crippen molar-refractivity contribution in [1.82, 2.24) is 0 Å². The van der Waals surface area contributed by atoms with Crippen LogP contribution in [0.15, 0.2) is 24.5 Å². The molecule has 0 aromatic carbocycles. The fourth-order valence-corrected chi connectivity index (χ4v) is 2.06. The van der Waals surface area contributed by atoms with Gasteiger partial charge in [-0.15, -0.1) is 0 Å².